The average molecular weight is 320 g/mol. The van der Waals surface area contributed by atoms with Crippen LogP contribution < -0.4 is 10.6 Å². The van der Waals surface area contributed by atoms with Crippen LogP contribution in [0.1, 0.15) is 32.1 Å². The second kappa shape index (κ2) is 8.21. The summed E-state index contributed by atoms with van der Waals surface area (Å²) < 4.78 is 21.8. The monoisotopic (exact) mass is 320 g/mol. The van der Waals surface area contributed by atoms with Crippen molar-refractivity contribution in [1.82, 2.24) is 10.6 Å². The van der Waals surface area contributed by atoms with Gasteiger partial charge in [-0.05, 0) is 25.2 Å². The van der Waals surface area contributed by atoms with Crippen molar-refractivity contribution in [2.45, 2.75) is 32.1 Å². The standard InChI is InChI=1S/C13H24N2O5S/c1-21(19,20)8-4-7-14-13(18)15-9-10-5-2-3-6-11(10)12(16)17/h10-11H,2-9H2,1H3,(H,16,17)(H2,14,15,18). The summed E-state index contributed by atoms with van der Waals surface area (Å²) in [5.74, 6) is -1.17. The fourth-order valence-electron chi connectivity index (χ4n) is 2.60. The maximum atomic E-state index is 11.6. The van der Waals surface area contributed by atoms with Crippen molar-refractivity contribution in [2.24, 2.45) is 11.8 Å². The summed E-state index contributed by atoms with van der Waals surface area (Å²) in [4.78, 5) is 22.7. The van der Waals surface area contributed by atoms with Gasteiger partial charge in [0.1, 0.15) is 9.84 Å². The second-order valence-electron chi connectivity index (χ2n) is 5.61. The lowest BCUT2D eigenvalue weighted by atomic mass is 9.79. The Hall–Kier alpha value is -1.31. The van der Waals surface area contributed by atoms with Crippen LogP contribution in [0, 0.1) is 11.8 Å². The third-order valence-electron chi connectivity index (χ3n) is 3.73. The van der Waals surface area contributed by atoms with E-state index in [4.69, 9.17) is 5.11 Å². The molecule has 0 aromatic carbocycles. The predicted octanol–water partition coefficient (Wildman–Crippen LogP) is 0.611. The SMILES string of the molecule is CS(=O)(=O)CCCNC(=O)NCC1CCCCC1C(=O)O. The number of rotatable bonds is 7. The summed E-state index contributed by atoms with van der Waals surface area (Å²) in [6, 6.07) is -0.377. The van der Waals surface area contributed by atoms with Crippen molar-refractivity contribution < 1.29 is 23.1 Å². The molecule has 0 aliphatic heterocycles. The molecule has 0 radical (unpaired) electrons. The lowest BCUT2D eigenvalue weighted by Crippen LogP contribution is -2.42. The van der Waals surface area contributed by atoms with E-state index in [-0.39, 0.29) is 30.2 Å². The minimum atomic E-state index is -3.01. The third kappa shape index (κ3) is 7.31. The molecule has 1 saturated carbocycles. The van der Waals surface area contributed by atoms with E-state index >= 15 is 0 Å². The van der Waals surface area contributed by atoms with Crippen molar-refractivity contribution in [1.29, 1.82) is 0 Å². The van der Waals surface area contributed by atoms with Crippen LogP contribution in [0.15, 0.2) is 0 Å². The molecule has 0 spiro atoms. The third-order valence-corrected chi connectivity index (χ3v) is 4.76. The quantitative estimate of drug-likeness (QED) is 0.595. The first kappa shape index (κ1) is 17.7. The van der Waals surface area contributed by atoms with Gasteiger partial charge in [-0.1, -0.05) is 12.8 Å². The van der Waals surface area contributed by atoms with E-state index in [0.717, 1.165) is 25.5 Å². The number of carboxylic acid groups (broad SMARTS) is 1. The molecule has 0 aromatic heterocycles. The Morgan fingerprint density at radius 1 is 1.19 bits per heavy atom. The van der Waals surface area contributed by atoms with Gasteiger partial charge in [-0.25, -0.2) is 13.2 Å². The fourth-order valence-corrected chi connectivity index (χ4v) is 3.27. The number of urea groups is 1. The van der Waals surface area contributed by atoms with Crippen molar-refractivity contribution in [3.63, 3.8) is 0 Å². The summed E-state index contributed by atoms with van der Waals surface area (Å²) >= 11 is 0. The fraction of sp³-hybridized carbons (Fsp3) is 0.846. The summed E-state index contributed by atoms with van der Waals surface area (Å²) in [7, 11) is -3.01. The summed E-state index contributed by atoms with van der Waals surface area (Å²) in [6.45, 7) is 0.626. The molecule has 2 amide bonds. The van der Waals surface area contributed by atoms with Gasteiger partial charge in [-0.15, -0.1) is 0 Å². The molecule has 1 rings (SSSR count). The second-order valence-corrected chi connectivity index (χ2v) is 7.87. The molecule has 122 valence electrons. The van der Waals surface area contributed by atoms with E-state index in [9.17, 15) is 18.0 Å². The normalized spacial score (nSPS) is 22.5. The van der Waals surface area contributed by atoms with Crippen LogP contribution in [0.2, 0.25) is 0 Å². The van der Waals surface area contributed by atoms with Gasteiger partial charge in [0.05, 0.1) is 11.7 Å². The van der Waals surface area contributed by atoms with Crippen LogP contribution >= 0.6 is 0 Å². The molecule has 0 bridgehead atoms. The van der Waals surface area contributed by atoms with Gasteiger partial charge < -0.3 is 15.7 Å². The van der Waals surface area contributed by atoms with Crippen molar-refractivity contribution >= 4 is 21.8 Å². The molecule has 3 N–H and O–H groups in total. The molecular weight excluding hydrogens is 296 g/mol. The number of sulfone groups is 1. The summed E-state index contributed by atoms with van der Waals surface area (Å²) in [6.07, 6.45) is 4.91. The predicted molar refractivity (Wildman–Crippen MR) is 78.8 cm³/mol. The molecule has 1 aliphatic carbocycles. The molecule has 7 nitrogen and oxygen atoms in total. The Bertz CT molecular complexity index is 463. The van der Waals surface area contributed by atoms with Crippen LogP contribution in [-0.2, 0) is 14.6 Å². The topological polar surface area (TPSA) is 113 Å². The van der Waals surface area contributed by atoms with E-state index in [1.54, 1.807) is 0 Å². The Labute approximate surface area is 125 Å². The van der Waals surface area contributed by atoms with Crippen LogP contribution in [-0.4, -0.2) is 50.6 Å². The zero-order chi connectivity index (χ0) is 15.9. The van der Waals surface area contributed by atoms with Crippen molar-refractivity contribution in [3.05, 3.63) is 0 Å². The highest BCUT2D eigenvalue weighted by Crippen LogP contribution is 2.29. The van der Waals surface area contributed by atoms with Crippen LogP contribution in [0.5, 0.6) is 0 Å². The molecule has 0 saturated heterocycles. The Kier molecular flexibility index (Phi) is 6.94. The van der Waals surface area contributed by atoms with E-state index in [2.05, 4.69) is 10.6 Å². The molecule has 0 heterocycles. The maximum absolute atomic E-state index is 11.6. The number of hydrogen-bond donors (Lipinski definition) is 3. The van der Waals surface area contributed by atoms with E-state index in [1.807, 2.05) is 0 Å². The maximum Gasteiger partial charge on any atom is 0.314 e. The molecule has 0 aromatic rings. The largest absolute Gasteiger partial charge is 0.481 e. The number of carboxylic acids is 1. The smallest absolute Gasteiger partial charge is 0.314 e. The van der Waals surface area contributed by atoms with Crippen molar-refractivity contribution in [3.8, 4) is 0 Å². The number of carbonyl (C=O) groups excluding carboxylic acids is 1. The summed E-state index contributed by atoms with van der Waals surface area (Å²) in [5, 5.41) is 14.4. The summed E-state index contributed by atoms with van der Waals surface area (Å²) in [5.41, 5.74) is 0. The first-order valence-electron chi connectivity index (χ1n) is 7.22. The average Bonchev–Trinajstić information content (AvgIpc) is 2.40. The first-order valence-corrected chi connectivity index (χ1v) is 9.28. The number of carbonyl (C=O) groups is 2. The number of amides is 2. The Morgan fingerprint density at radius 2 is 1.86 bits per heavy atom. The first-order chi connectivity index (χ1) is 9.79. The molecule has 1 fully saturated rings. The molecular formula is C13H24N2O5S. The highest BCUT2D eigenvalue weighted by Gasteiger charge is 2.30. The minimum Gasteiger partial charge on any atom is -0.481 e. The van der Waals surface area contributed by atoms with E-state index in [0.29, 0.717) is 19.4 Å². The van der Waals surface area contributed by atoms with Crippen LogP contribution in [0.3, 0.4) is 0 Å². The molecule has 8 heteroatoms. The number of nitrogens with one attached hydrogen (secondary N) is 2. The van der Waals surface area contributed by atoms with Gasteiger partial charge in [0, 0.05) is 19.3 Å². The number of hydrogen-bond acceptors (Lipinski definition) is 4. The van der Waals surface area contributed by atoms with Gasteiger partial charge in [-0.3, -0.25) is 4.79 Å². The van der Waals surface area contributed by atoms with E-state index in [1.165, 1.54) is 0 Å². The Balaban J connectivity index is 2.24. The van der Waals surface area contributed by atoms with Gasteiger partial charge >= 0.3 is 12.0 Å². The van der Waals surface area contributed by atoms with E-state index < -0.39 is 15.8 Å². The van der Waals surface area contributed by atoms with Crippen LogP contribution in [0.4, 0.5) is 4.79 Å². The van der Waals surface area contributed by atoms with Crippen LogP contribution in [0.25, 0.3) is 0 Å². The minimum absolute atomic E-state index is 0.0296. The highest BCUT2D eigenvalue weighted by molar-refractivity contribution is 7.90. The van der Waals surface area contributed by atoms with Gasteiger partial charge in [0.25, 0.3) is 0 Å². The molecule has 1 aliphatic rings. The van der Waals surface area contributed by atoms with Gasteiger partial charge in [0.15, 0.2) is 0 Å². The highest BCUT2D eigenvalue weighted by atomic mass is 32.2. The lowest BCUT2D eigenvalue weighted by molar-refractivity contribution is -0.144. The van der Waals surface area contributed by atoms with Crippen molar-refractivity contribution in [2.75, 3.05) is 25.1 Å². The zero-order valence-corrected chi connectivity index (χ0v) is 13.1. The molecule has 21 heavy (non-hydrogen) atoms. The Morgan fingerprint density at radius 3 is 2.48 bits per heavy atom. The van der Waals surface area contributed by atoms with Gasteiger partial charge in [-0.2, -0.15) is 0 Å². The van der Waals surface area contributed by atoms with Gasteiger partial charge in [0.2, 0.25) is 0 Å². The molecule has 2 unspecified atom stereocenters. The lowest BCUT2D eigenvalue weighted by Gasteiger charge is -2.28. The zero-order valence-electron chi connectivity index (χ0n) is 12.3. The number of aliphatic carboxylic acids is 1. The molecule has 2 atom stereocenters.